The molecule has 1 fully saturated rings. The van der Waals surface area contributed by atoms with Crippen LogP contribution in [0.2, 0.25) is 0 Å². The number of nitrogens with one attached hydrogen (secondary N) is 1. The summed E-state index contributed by atoms with van der Waals surface area (Å²) in [4.78, 5) is 54.6. The second-order valence-corrected chi connectivity index (χ2v) is 24.5. The van der Waals surface area contributed by atoms with E-state index in [0.717, 1.165) is 45.2 Å². The Kier molecular flexibility index (Phi) is 13.6. The summed E-state index contributed by atoms with van der Waals surface area (Å²) < 4.78 is 31.3. The number of thioether (sulfide) groups is 3. The van der Waals surface area contributed by atoms with Gasteiger partial charge >= 0.3 is 17.9 Å². The lowest BCUT2D eigenvalue weighted by atomic mass is 10.0. The second kappa shape index (κ2) is 19.2. The number of aliphatic carboxylic acids is 2. The van der Waals surface area contributed by atoms with Gasteiger partial charge in [0.1, 0.15) is 20.0 Å². The van der Waals surface area contributed by atoms with Crippen molar-refractivity contribution >= 4 is 74.0 Å². The molecule has 0 aliphatic heterocycles. The van der Waals surface area contributed by atoms with Crippen LogP contribution in [-0.2, 0) is 24.4 Å². The molecule has 16 heteroatoms. The summed E-state index contributed by atoms with van der Waals surface area (Å²) in [7, 11) is -3.65. The van der Waals surface area contributed by atoms with Gasteiger partial charge in [-0.25, -0.2) is 13.1 Å². The van der Waals surface area contributed by atoms with Crippen molar-refractivity contribution in [2.45, 2.75) is 94.2 Å². The predicted octanol–water partition coefficient (Wildman–Crippen LogP) is 11.5. The number of esters is 1. The quantitative estimate of drug-likeness (QED) is 0.0444. The van der Waals surface area contributed by atoms with Crippen molar-refractivity contribution in [1.82, 2.24) is 19.7 Å². The Labute approximate surface area is 407 Å². The number of pyridine rings is 3. The van der Waals surface area contributed by atoms with Gasteiger partial charge in [-0.2, -0.15) is 0 Å². The number of rotatable bonds is 17. The van der Waals surface area contributed by atoms with Crippen molar-refractivity contribution in [2.75, 3.05) is 0 Å². The Bertz CT molecular complexity index is 3190. The maximum Gasteiger partial charge on any atom is 0.327 e. The number of hydrogen-bond acceptors (Lipinski definition) is 12. The zero-order valence-electron chi connectivity index (χ0n) is 38.0. The van der Waals surface area contributed by atoms with E-state index in [4.69, 9.17) is 9.72 Å². The molecule has 3 N–H and O–H groups in total. The van der Waals surface area contributed by atoms with E-state index < -0.39 is 42.2 Å². The Balaban J connectivity index is 1.06. The minimum Gasteiger partial charge on any atom is -0.480 e. The SMILES string of the molecule is CC(C)(Sc1cc(-c2ccc(-c3cnccc3SC(C)(C)C(=O)Oc3cc4ccccc4cc3-c3cnccc3SC(C)(C)C(=O)O)cc2)ncc1-c1ccc(S(=O)(=O)NC2CC2)cc1)C(=O)O. The van der Waals surface area contributed by atoms with E-state index in [9.17, 15) is 33.0 Å². The summed E-state index contributed by atoms with van der Waals surface area (Å²) in [5.41, 5.74) is 5.60. The van der Waals surface area contributed by atoms with Crippen LogP contribution in [0.3, 0.4) is 0 Å². The van der Waals surface area contributed by atoms with Crippen LogP contribution in [0.15, 0.2) is 154 Å². The lowest BCUT2D eigenvalue weighted by Gasteiger charge is -2.25. The number of carbonyl (C=O) groups excluding carboxylic acids is 1. The fourth-order valence-electron chi connectivity index (χ4n) is 7.07. The van der Waals surface area contributed by atoms with Crippen LogP contribution in [0, 0.1) is 0 Å². The standard InChI is InChI=1S/C52H48N4O8S4/c1-50(2,47(57)58)65-45-22-24-54-29-41(45)38-25-34-9-7-8-10-35(34)26-43(38)64-49(61)52(5,6)66-44-21-23-53-28-39(44)31-11-13-33(14-12-31)42-27-46(67-51(3,4)48(59)60)40(30-55-42)32-15-19-37(20-16-32)68(62,63)56-36-17-18-36/h7-16,19-30,36,56H,17-18H2,1-6H3,(H,57,58)(H,59,60). The molecule has 0 saturated heterocycles. The number of ether oxygens (including phenoxy) is 1. The summed E-state index contributed by atoms with van der Waals surface area (Å²) in [5.74, 6) is -2.13. The maximum absolute atomic E-state index is 14.3. The Morgan fingerprint density at radius 2 is 1.10 bits per heavy atom. The molecule has 0 bridgehead atoms. The molecule has 0 amide bonds. The number of hydrogen-bond donors (Lipinski definition) is 3. The highest BCUT2D eigenvalue weighted by molar-refractivity contribution is 8.02. The normalized spacial score (nSPS) is 13.3. The van der Waals surface area contributed by atoms with Crippen LogP contribution in [0.1, 0.15) is 54.4 Å². The van der Waals surface area contributed by atoms with E-state index >= 15 is 0 Å². The molecule has 0 spiro atoms. The molecular formula is C52H48N4O8S4. The third-order valence-corrected chi connectivity index (χ3v) is 16.5. The molecule has 0 unspecified atom stereocenters. The number of carboxylic acid groups (broad SMARTS) is 2. The Morgan fingerprint density at radius 3 is 1.69 bits per heavy atom. The topological polar surface area (TPSA) is 186 Å². The highest BCUT2D eigenvalue weighted by Gasteiger charge is 2.35. The molecule has 7 aromatic rings. The van der Waals surface area contributed by atoms with Crippen LogP contribution < -0.4 is 9.46 Å². The molecule has 1 saturated carbocycles. The van der Waals surface area contributed by atoms with Crippen LogP contribution in [0.25, 0.3) is 55.4 Å². The molecule has 4 aromatic carbocycles. The number of nitrogens with zero attached hydrogens (tertiary/aromatic N) is 3. The number of fused-ring (bicyclic) bond motifs is 1. The number of benzene rings is 4. The number of sulfonamides is 1. The minimum absolute atomic E-state index is 0.0283. The third kappa shape index (κ3) is 10.8. The van der Waals surface area contributed by atoms with Crippen LogP contribution in [-0.4, -0.2) is 71.8 Å². The van der Waals surface area contributed by atoms with Gasteiger partial charge in [0, 0.05) is 79.5 Å². The Hall–Kier alpha value is -6.04. The molecule has 3 heterocycles. The fourth-order valence-corrected chi connectivity index (χ4v) is 11.6. The van der Waals surface area contributed by atoms with Crippen molar-refractivity contribution in [3.63, 3.8) is 0 Å². The average Bonchev–Trinajstić information content (AvgIpc) is 4.12. The van der Waals surface area contributed by atoms with Crippen molar-refractivity contribution in [3.8, 4) is 50.4 Å². The lowest BCUT2D eigenvalue weighted by Crippen LogP contribution is -2.32. The van der Waals surface area contributed by atoms with Gasteiger partial charge in [0.15, 0.2) is 0 Å². The van der Waals surface area contributed by atoms with Crippen LogP contribution in [0.4, 0.5) is 0 Å². The van der Waals surface area contributed by atoms with E-state index in [2.05, 4.69) is 14.7 Å². The molecular weight excluding hydrogens is 937 g/mol. The van der Waals surface area contributed by atoms with Gasteiger partial charge in [-0.3, -0.25) is 29.3 Å². The molecule has 0 atom stereocenters. The zero-order chi connectivity index (χ0) is 48.6. The van der Waals surface area contributed by atoms with Crippen molar-refractivity contribution in [1.29, 1.82) is 0 Å². The van der Waals surface area contributed by atoms with Gasteiger partial charge in [-0.15, -0.1) is 35.3 Å². The van der Waals surface area contributed by atoms with Gasteiger partial charge < -0.3 is 14.9 Å². The minimum atomic E-state index is -3.65. The van der Waals surface area contributed by atoms with Gasteiger partial charge in [0.25, 0.3) is 0 Å². The first-order valence-corrected chi connectivity index (χ1v) is 25.5. The average molecular weight is 985 g/mol. The zero-order valence-corrected chi connectivity index (χ0v) is 41.3. The van der Waals surface area contributed by atoms with E-state index in [0.29, 0.717) is 43.5 Å². The predicted molar refractivity (Wildman–Crippen MR) is 270 cm³/mol. The summed E-state index contributed by atoms with van der Waals surface area (Å²) in [6, 6.07) is 31.2. The summed E-state index contributed by atoms with van der Waals surface area (Å²) >= 11 is 3.71. The first kappa shape index (κ1) is 48.4. The molecule has 0 radical (unpaired) electrons. The molecule has 1 aliphatic rings. The molecule has 348 valence electrons. The second-order valence-electron chi connectivity index (χ2n) is 17.8. The number of carbonyl (C=O) groups is 3. The fraction of sp³-hybridized carbons (Fsp3) is 0.231. The molecule has 1 aliphatic carbocycles. The van der Waals surface area contributed by atoms with E-state index in [-0.39, 0.29) is 10.9 Å². The molecule has 3 aromatic heterocycles. The van der Waals surface area contributed by atoms with Crippen LogP contribution >= 0.6 is 35.3 Å². The van der Waals surface area contributed by atoms with Gasteiger partial charge in [0.05, 0.1) is 10.6 Å². The summed E-state index contributed by atoms with van der Waals surface area (Å²) in [6.45, 7) is 10.1. The van der Waals surface area contributed by atoms with Crippen molar-refractivity contribution < 1.29 is 37.8 Å². The largest absolute Gasteiger partial charge is 0.480 e. The van der Waals surface area contributed by atoms with E-state index in [1.54, 1.807) is 103 Å². The Morgan fingerprint density at radius 1 is 0.603 bits per heavy atom. The highest BCUT2D eigenvalue weighted by Crippen LogP contribution is 2.46. The van der Waals surface area contributed by atoms with Crippen molar-refractivity contribution in [2.24, 2.45) is 0 Å². The summed E-state index contributed by atoms with van der Waals surface area (Å²) in [6.07, 6.45) is 10.0. The molecule has 68 heavy (non-hydrogen) atoms. The van der Waals surface area contributed by atoms with E-state index in [1.165, 1.54) is 35.3 Å². The molecule has 12 nitrogen and oxygen atoms in total. The molecule has 8 rings (SSSR count). The first-order chi connectivity index (χ1) is 32.2. The smallest absolute Gasteiger partial charge is 0.327 e. The monoisotopic (exact) mass is 984 g/mol. The lowest BCUT2D eigenvalue weighted by molar-refractivity contribution is -0.139. The number of aromatic nitrogens is 3. The maximum atomic E-state index is 14.3. The van der Waals surface area contributed by atoms with E-state index in [1.807, 2.05) is 72.8 Å². The first-order valence-electron chi connectivity index (χ1n) is 21.6. The van der Waals surface area contributed by atoms with Gasteiger partial charge in [-0.05, 0) is 119 Å². The highest BCUT2D eigenvalue weighted by atomic mass is 32.2. The van der Waals surface area contributed by atoms with Gasteiger partial charge in [0.2, 0.25) is 10.0 Å². The van der Waals surface area contributed by atoms with Crippen molar-refractivity contribution in [3.05, 3.63) is 134 Å². The summed E-state index contributed by atoms with van der Waals surface area (Å²) in [5, 5.41) is 21.8. The van der Waals surface area contributed by atoms with Gasteiger partial charge in [-0.1, -0.05) is 60.7 Å². The third-order valence-electron chi connectivity index (χ3n) is 11.3. The van der Waals surface area contributed by atoms with Crippen LogP contribution in [0.5, 0.6) is 5.75 Å². The number of carboxylic acids is 2.